The molecule has 0 bridgehead atoms. The Morgan fingerprint density at radius 2 is 1.85 bits per heavy atom. The molecule has 1 aromatic carbocycles. The van der Waals surface area contributed by atoms with E-state index in [0.29, 0.717) is 0 Å². The summed E-state index contributed by atoms with van der Waals surface area (Å²) in [5.41, 5.74) is 4.92. The van der Waals surface area contributed by atoms with E-state index in [-0.39, 0.29) is 28.9 Å². The zero-order chi connectivity index (χ0) is 14.8. The Morgan fingerprint density at radius 3 is 2.55 bits per heavy atom. The van der Waals surface area contributed by atoms with Gasteiger partial charge in [0.15, 0.2) is 0 Å². The molecule has 1 heterocycles. The molecular formula is C13H10ClF3N2O. The molecule has 20 heavy (non-hydrogen) atoms. The molecule has 2 N–H and O–H groups in total. The second kappa shape index (κ2) is 5.58. The first kappa shape index (κ1) is 14.5. The molecule has 0 saturated carbocycles. The number of nitrogens with two attached hydrogens (primary N) is 1. The largest absolute Gasteiger partial charge is 0.487 e. The van der Waals surface area contributed by atoms with Gasteiger partial charge >= 0.3 is 6.18 Å². The first-order chi connectivity index (χ1) is 9.38. The zero-order valence-electron chi connectivity index (χ0n) is 10.1. The monoisotopic (exact) mass is 302 g/mol. The van der Waals surface area contributed by atoms with Crippen molar-refractivity contribution < 1.29 is 17.9 Å². The molecule has 1 aromatic heterocycles. The van der Waals surface area contributed by atoms with Gasteiger partial charge in [0.1, 0.15) is 18.2 Å². The van der Waals surface area contributed by atoms with Gasteiger partial charge in [0.05, 0.1) is 16.3 Å². The van der Waals surface area contributed by atoms with E-state index in [9.17, 15) is 13.2 Å². The van der Waals surface area contributed by atoms with Crippen LogP contribution in [0.15, 0.2) is 36.4 Å². The molecule has 0 amide bonds. The third kappa shape index (κ3) is 3.33. The van der Waals surface area contributed by atoms with E-state index in [2.05, 4.69) is 4.98 Å². The van der Waals surface area contributed by atoms with Gasteiger partial charge < -0.3 is 10.5 Å². The van der Waals surface area contributed by atoms with Crippen molar-refractivity contribution in [2.24, 2.45) is 0 Å². The molecule has 0 unspecified atom stereocenters. The molecule has 0 radical (unpaired) electrons. The first-order valence-electron chi connectivity index (χ1n) is 5.58. The summed E-state index contributed by atoms with van der Waals surface area (Å²) in [6, 6.07) is 7.95. The maximum Gasteiger partial charge on any atom is 0.419 e. The number of aromatic nitrogens is 1. The molecular weight excluding hydrogens is 293 g/mol. The number of para-hydroxylation sites is 1. The van der Waals surface area contributed by atoms with E-state index in [4.69, 9.17) is 22.1 Å². The van der Waals surface area contributed by atoms with Crippen LogP contribution in [0.25, 0.3) is 0 Å². The Labute approximate surface area is 118 Å². The van der Waals surface area contributed by atoms with Crippen molar-refractivity contribution in [2.45, 2.75) is 12.8 Å². The fourth-order valence-corrected chi connectivity index (χ4v) is 1.74. The van der Waals surface area contributed by atoms with E-state index < -0.39 is 11.7 Å². The van der Waals surface area contributed by atoms with Crippen molar-refractivity contribution in [1.82, 2.24) is 4.98 Å². The first-order valence-corrected chi connectivity index (χ1v) is 5.95. The van der Waals surface area contributed by atoms with Gasteiger partial charge in [-0.2, -0.15) is 13.2 Å². The van der Waals surface area contributed by atoms with E-state index >= 15 is 0 Å². The molecule has 7 heteroatoms. The molecule has 3 nitrogen and oxygen atoms in total. The predicted molar refractivity (Wildman–Crippen MR) is 69.4 cm³/mol. The summed E-state index contributed by atoms with van der Waals surface area (Å²) in [6.07, 6.45) is -4.48. The lowest BCUT2D eigenvalue weighted by atomic mass is 10.2. The van der Waals surface area contributed by atoms with Crippen LogP contribution in [0, 0.1) is 0 Å². The third-order valence-electron chi connectivity index (χ3n) is 2.50. The Bertz CT molecular complexity index is 617. The predicted octanol–water partition coefficient (Wildman–Crippen LogP) is 3.92. The molecule has 106 valence electrons. The van der Waals surface area contributed by atoms with E-state index in [0.717, 1.165) is 6.07 Å². The van der Waals surface area contributed by atoms with Gasteiger partial charge in [-0.15, -0.1) is 0 Å². The molecule has 0 aliphatic rings. The number of anilines is 1. The van der Waals surface area contributed by atoms with Crippen LogP contribution < -0.4 is 10.5 Å². The van der Waals surface area contributed by atoms with Crippen LogP contribution in [-0.4, -0.2) is 4.98 Å². The molecule has 0 atom stereocenters. The molecule has 2 aromatic rings. The quantitative estimate of drug-likeness (QED) is 0.935. The topological polar surface area (TPSA) is 48.1 Å². The van der Waals surface area contributed by atoms with E-state index in [1.54, 1.807) is 0 Å². The summed E-state index contributed by atoms with van der Waals surface area (Å²) < 4.78 is 43.5. The van der Waals surface area contributed by atoms with Crippen LogP contribution in [0.2, 0.25) is 5.02 Å². The third-order valence-corrected chi connectivity index (χ3v) is 2.84. The lowest BCUT2D eigenvalue weighted by Crippen LogP contribution is -2.09. The van der Waals surface area contributed by atoms with Crippen LogP contribution in [0.5, 0.6) is 5.75 Å². The fraction of sp³-hybridized carbons (Fsp3) is 0.154. The highest BCUT2D eigenvalue weighted by molar-refractivity contribution is 6.31. The zero-order valence-corrected chi connectivity index (χ0v) is 10.9. The number of hydrogen-bond donors (Lipinski definition) is 1. The number of halogens is 4. The minimum Gasteiger partial charge on any atom is -0.487 e. The lowest BCUT2D eigenvalue weighted by Gasteiger charge is -2.14. The standard InChI is InChI=1S/C13H10ClF3N2O/c14-9-5-6-12(18)19-10(9)7-20-11-4-2-1-3-8(11)13(15,16)17/h1-6H,7H2,(H2,18,19). The van der Waals surface area contributed by atoms with Crippen LogP contribution in [0.1, 0.15) is 11.3 Å². The Hall–Kier alpha value is -1.95. The SMILES string of the molecule is Nc1ccc(Cl)c(COc2ccccc2C(F)(F)F)n1. The van der Waals surface area contributed by atoms with Gasteiger partial charge in [0.25, 0.3) is 0 Å². The fourth-order valence-electron chi connectivity index (χ4n) is 1.58. The maximum atomic E-state index is 12.8. The number of ether oxygens (including phenoxy) is 1. The summed E-state index contributed by atoms with van der Waals surface area (Å²) in [5.74, 6) is -0.0580. The summed E-state index contributed by atoms with van der Waals surface area (Å²) in [6.45, 7) is -0.197. The highest BCUT2D eigenvalue weighted by atomic mass is 35.5. The van der Waals surface area contributed by atoms with Crippen LogP contribution >= 0.6 is 11.6 Å². The van der Waals surface area contributed by atoms with Crippen molar-refractivity contribution in [2.75, 3.05) is 5.73 Å². The van der Waals surface area contributed by atoms with Crippen molar-refractivity contribution in [3.63, 3.8) is 0 Å². The Morgan fingerprint density at radius 1 is 1.15 bits per heavy atom. The number of benzene rings is 1. The number of rotatable bonds is 3. The normalized spacial score (nSPS) is 11.4. The molecule has 0 aliphatic carbocycles. The summed E-state index contributed by atoms with van der Waals surface area (Å²) in [5, 5.41) is 0.281. The number of hydrogen-bond acceptors (Lipinski definition) is 3. The average molecular weight is 303 g/mol. The van der Waals surface area contributed by atoms with Crippen molar-refractivity contribution in [3.05, 3.63) is 52.7 Å². The molecule has 2 rings (SSSR count). The smallest absolute Gasteiger partial charge is 0.419 e. The molecule has 0 spiro atoms. The van der Waals surface area contributed by atoms with Crippen molar-refractivity contribution in [3.8, 4) is 5.75 Å². The van der Waals surface area contributed by atoms with Crippen LogP contribution in [-0.2, 0) is 12.8 Å². The van der Waals surface area contributed by atoms with Crippen molar-refractivity contribution in [1.29, 1.82) is 0 Å². The van der Waals surface area contributed by atoms with Crippen LogP contribution in [0.4, 0.5) is 19.0 Å². The lowest BCUT2D eigenvalue weighted by molar-refractivity contribution is -0.139. The highest BCUT2D eigenvalue weighted by Crippen LogP contribution is 2.36. The van der Waals surface area contributed by atoms with Crippen molar-refractivity contribution >= 4 is 17.4 Å². The molecule has 0 fully saturated rings. The van der Waals surface area contributed by atoms with Gasteiger partial charge in [-0.05, 0) is 24.3 Å². The molecule has 0 saturated heterocycles. The number of nitrogen functional groups attached to an aromatic ring is 1. The number of pyridine rings is 1. The van der Waals surface area contributed by atoms with Gasteiger partial charge in [0, 0.05) is 0 Å². The minimum absolute atomic E-state index is 0.197. The minimum atomic E-state index is -4.48. The van der Waals surface area contributed by atoms with Gasteiger partial charge in [0.2, 0.25) is 0 Å². The second-order valence-electron chi connectivity index (χ2n) is 3.95. The summed E-state index contributed by atoms with van der Waals surface area (Å²) >= 11 is 5.87. The Kier molecular flexibility index (Phi) is 4.04. The van der Waals surface area contributed by atoms with Gasteiger partial charge in [-0.25, -0.2) is 4.98 Å². The summed E-state index contributed by atoms with van der Waals surface area (Å²) in [4.78, 5) is 3.92. The highest BCUT2D eigenvalue weighted by Gasteiger charge is 2.34. The number of alkyl halides is 3. The van der Waals surface area contributed by atoms with E-state index in [1.807, 2.05) is 0 Å². The van der Waals surface area contributed by atoms with Crippen LogP contribution in [0.3, 0.4) is 0 Å². The second-order valence-corrected chi connectivity index (χ2v) is 4.35. The summed E-state index contributed by atoms with van der Waals surface area (Å²) in [7, 11) is 0. The van der Waals surface area contributed by atoms with Gasteiger partial charge in [-0.1, -0.05) is 23.7 Å². The molecule has 0 aliphatic heterocycles. The van der Waals surface area contributed by atoms with Gasteiger partial charge in [-0.3, -0.25) is 0 Å². The van der Waals surface area contributed by atoms with E-state index in [1.165, 1.54) is 30.3 Å². The number of nitrogens with zero attached hydrogens (tertiary/aromatic N) is 1. The maximum absolute atomic E-state index is 12.8. The Balaban J connectivity index is 2.21. The average Bonchev–Trinajstić information content (AvgIpc) is 2.39.